The number of hydrogen-bond acceptors (Lipinski definition) is 4. The number of amides is 4. The molecule has 2 heterocycles. The quantitative estimate of drug-likeness (QED) is 0.772. The molecule has 0 fully saturated rings. The Bertz CT molecular complexity index is 923. The molecule has 6 heteroatoms. The Labute approximate surface area is 156 Å². The molecule has 0 spiro atoms. The summed E-state index contributed by atoms with van der Waals surface area (Å²) in [5, 5.41) is 0. The molecule has 2 aliphatic heterocycles. The van der Waals surface area contributed by atoms with Crippen LogP contribution in [0.4, 0.5) is 11.4 Å². The summed E-state index contributed by atoms with van der Waals surface area (Å²) in [6, 6.07) is 16.1. The van der Waals surface area contributed by atoms with Gasteiger partial charge in [0.2, 0.25) is 0 Å². The van der Waals surface area contributed by atoms with Gasteiger partial charge in [-0.25, -0.2) is 9.80 Å². The summed E-state index contributed by atoms with van der Waals surface area (Å²) in [6.07, 6.45) is 5.11. The van der Waals surface area contributed by atoms with Crippen LogP contribution in [0.1, 0.15) is 5.56 Å². The zero-order valence-electron chi connectivity index (χ0n) is 14.5. The molecule has 0 N–H and O–H groups in total. The van der Waals surface area contributed by atoms with Crippen molar-refractivity contribution >= 4 is 35.0 Å². The van der Waals surface area contributed by atoms with Crippen molar-refractivity contribution < 1.29 is 19.2 Å². The Morgan fingerprint density at radius 3 is 1.30 bits per heavy atom. The SMILES string of the molecule is Cc1ccc(N2C(=O)C=CC2=O)cc1.O=C1C=CC(=O)N1c1ccccc1. The largest absolute Gasteiger partial charge is 0.269 e. The zero-order valence-corrected chi connectivity index (χ0v) is 14.5. The molecule has 0 radical (unpaired) electrons. The van der Waals surface area contributed by atoms with E-state index in [9.17, 15) is 19.2 Å². The first-order valence-corrected chi connectivity index (χ1v) is 8.21. The fourth-order valence-corrected chi connectivity index (χ4v) is 2.58. The summed E-state index contributed by atoms with van der Waals surface area (Å²) in [5.74, 6) is -1.12. The Hall–Kier alpha value is -3.80. The van der Waals surface area contributed by atoms with E-state index in [1.54, 1.807) is 36.4 Å². The van der Waals surface area contributed by atoms with Crippen molar-refractivity contribution in [3.8, 4) is 0 Å². The van der Waals surface area contributed by atoms with E-state index in [0.29, 0.717) is 11.4 Å². The van der Waals surface area contributed by atoms with E-state index < -0.39 is 0 Å². The average Bonchev–Trinajstić information content (AvgIpc) is 3.18. The maximum Gasteiger partial charge on any atom is 0.258 e. The molecule has 4 rings (SSSR count). The van der Waals surface area contributed by atoms with Gasteiger partial charge in [-0.3, -0.25) is 19.2 Å². The second-order valence-corrected chi connectivity index (χ2v) is 5.86. The molecule has 0 saturated heterocycles. The van der Waals surface area contributed by atoms with Gasteiger partial charge in [-0.15, -0.1) is 0 Å². The van der Waals surface area contributed by atoms with Crippen LogP contribution in [0.3, 0.4) is 0 Å². The van der Waals surface area contributed by atoms with Crippen molar-refractivity contribution in [2.75, 3.05) is 9.80 Å². The van der Waals surface area contributed by atoms with Gasteiger partial charge in [-0.05, 0) is 31.2 Å². The van der Waals surface area contributed by atoms with Crippen LogP contribution in [-0.2, 0) is 19.2 Å². The van der Waals surface area contributed by atoms with Crippen LogP contribution in [0.5, 0.6) is 0 Å². The Kier molecular flexibility index (Phi) is 5.08. The van der Waals surface area contributed by atoms with Crippen LogP contribution in [0.25, 0.3) is 0 Å². The zero-order chi connectivity index (χ0) is 19.4. The molecule has 4 amide bonds. The predicted molar refractivity (Wildman–Crippen MR) is 101 cm³/mol. The standard InChI is InChI=1S/C11H9NO2.C10H7NO2/c1-8-2-4-9(5-3-8)12-10(13)6-7-11(12)14;12-9-6-7-10(13)11(9)8-4-2-1-3-5-8/h2-7H,1H3;1-7H. The summed E-state index contributed by atoms with van der Waals surface area (Å²) >= 11 is 0. The average molecular weight is 360 g/mol. The van der Waals surface area contributed by atoms with E-state index in [0.717, 1.165) is 15.4 Å². The van der Waals surface area contributed by atoms with Crippen molar-refractivity contribution in [3.63, 3.8) is 0 Å². The van der Waals surface area contributed by atoms with E-state index in [-0.39, 0.29) is 23.6 Å². The number of aryl methyl sites for hydroxylation is 1. The summed E-state index contributed by atoms with van der Waals surface area (Å²) in [6.45, 7) is 1.95. The van der Waals surface area contributed by atoms with Crippen molar-refractivity contribution in [2.45, 2.75) is 6.92 Å². The van der Waals surface area contributed by atoms with Gasteiger partial charge in [-0.1, -0.05) is 35.9 Å². The minimum absolute atomic E-state index is 0.279. The Morgan fingerprint density at radius 2 is 0.889 bits per heavy atom. The van der Waals surface area contributed by atoms with Crippen LogP contribution in [0.2, 0.25) is 0 Å². The van der Waals surface area contributed by atoms with Gasteiger partial charge in [0.05, 0.1) is 11.4 Å². The molecule has 27 heavy (non-hydrogen) atoms. The van der Waals surface area contributed by atoms with Gasteiger partial charge in [0.25, 0.3) is 23.6 Å². The monoisotopic (exact) mass is 360 g/mol. The van der Waals surface area contributed by atoms with E-state index in [1.807, 2.05) is 25.1 Å². The number of imide groups is 2. The molecule has 2 aliphatic rings. The Balaban J connectivity index is 0.000000156. The van der Waals surface area contributed by atoms with E-state index in [1.165, 1.54) is 24.3 Å². The molecule has 0 aliphatic carbocycles. The number of anilines is 2. The highest BCUT2D eigenvalue weighted by Gasteiger charge is 2.25. The summed E-state index contributed by atoms with van der Waals surface area (Å²) in [4.78, 5) is 47.3. The molecule has 0 atom stereocenters. The van der Waals surface area contributed by atoms with Crippen LogP contribution >= 0.6 is 0 Å². The molecule has 2 aromatic carbocycles. The third kappa shape index (κ3) is 3.90. The number of rotatable bonds is 2. The molecule has 2 aromatic rings. The summed E-state index contributed by atoms with van der Waals surface area (Å²) in [5.41, 5.74) is 2.33. The van der Waals surface area contributed by atoms with E-state index in [2.05, 4.69) is 0 Å². The van der Waals surface area contributed by atoms with Crippen molar-refractivity contribution in [3.05, 3.63) is 84.5 Å². The number of benzene rings is 2. The van der Waals surface area contributed by atoms with Crippen molar-refractivity contribution in [1.29, 1.82) is 0 Å². The minimum atomic E-state index is -0.281. The lowest BCUT2D eigenvalue weighted by Gasteiger charge is -2.13. The van der Waals surface area contributed by atoms with Crippen LogP contribution in [-0.4, -0.2) is 23.6 Å². The number of carbonyl (C=O) groups is 4. The summed E-state index contributed by atoms with van der Waals surface area (Å²) < 4.78 is 0. The first kappa shape index (κ1) is 18.0. The van der Waals surface area contributed by atoms with Crippen molar-refractivity contribution in [2.24, 2.45) is 0 Å². The van der Waals surface area contributed by atoms with Gasteiger partial charge < -0.3 is 0 Å². The molecule has 0 saturated carbocycles. The van der Waals surface area contributed by atoms with Gasteiger partial charge in [-0.2, -0.15) is 0 Å². The number of nitrogens with zero attached hydrogens (tertiary/aromatic N) is 2. The first-order chi connectivity index (χ1) is 13.0. The van der Waals surface area contributed by atoms with Crippen LogP contribution < -0.4 is 9.80 Å². The van der Waals surface area contributed by atoms with Crippen molar-refractivity contribution in [1.82, 2.24) is 0 Å². The minimum Gasteiger partial charge on any atom is -0.269 e. The highest BCUT2D eigenvalue weighted by atomic mass is 16.2. The fraction of sp³-hybridized carbons (Fsp3) is 0.0476. The number of hydrogen-bond donors (Lipinski definition) is 0. The summed E-state index contributed by atoms with van der Waals surface area (Å²) in [7, 11) is 0. The lowest BCUT2D eigenvalue weighted by molar-refractivity contribution is -0.121. The molecular formula is C21H16N2O4. The first-order valence-electron chi connectivity index (χ1n) is 8.21. The number of para-hydroxylation sites is 1. The molecular weight excluding hydrogens is 344 g/mol. The topological polar surface area (TPSA) is 74.8 Å². The maximum absolute atomic E-state index is 11.3. The molecule has 134 valence electrons. The van der Waals surface area contributed by atoms with Crippen LogP contribution in [0.15, 0.2) is 78.9 Å². The smallest absolute Gasteiger partial charge is 0.258 e. The van der Waals surface area contributed by atoms with Gasteiger partial charge in [0, 0.05) is 24.3 Å². The second kappa shape index (κ2) is 7.61. The van der Waals surface area contributed by atoms with Gasteiger partial charge in [0.1, 0.15) is 0 Å². The molecule has 0 bridgehead atoms. The van der Waals surface area contributed by atoms with E-state index >= 15 is 0 Å². The fourth-order valence-electron chi connectivity index (χ4n) is 2.58. The molecule has 0 aromatic heterocycles. The molecule has 6 nitrogen and oxygen atoms in total. The number of carbonyl (C=O) groups excluding carboxylic acids is 4. The second-order valence-electron chi connectivity index (χ2n) is 5.86. The highest BCUT2D eigenvalue weighted by Crippen LogP contribution is 2.19. The molecule has 0 unspecified atom stereocenters. The maximum atomic E-state index is 11.3. The lowest BCUT2D eigenvalue weighted by atomic mass is 10.2. The van der Waals surface area contributed by atoms with Crippen LogP contribution in [0, 0.1) is 6.92 Å². The predicted octanol–water partition coefficient (Wildman–Crippen LogP) is 2.54. The normalized spacial score (nSPS) is 15.4. The third-order valence-electron chi connectivity index (χ3n) is 3.93. The lowest BCUT2D eigenvalue weighted by Crippen LogP contribution is -2.29. The Morgan fingerprint density at radius 1 is 0.519 bits per heavy atom. The highest BCUT2D eigenvalue weighted by molar-refractivity contribution is 6.28. The van der Waals surface area contributed by atoms with Gasteiger partial charge >= 0.3 is 0 Å². The van der Waals surface area contributed by atoms with Gasteiger partial charge in [0.15, 0.2) is 0 Å². The third-order valence-corrected chi connectivity index (χ3v) is 3.93. The van der Waals surface area contributed by atoms with E-state index in [4.69, 9.17) is 0 Å².